The number of ether oxygens (including phenoxy) is 1. The quantitative estimate of drug-likeness (QED) is 0.500. The smallest absolute Gasteiger partial charge is 0.434 e. The lowest BCUT2D eigenvalue weighted by Gasteiger charge is -2.45. The number of para-hydroxylation sites is 1. The van der Waals surface area contributed by atoms with Crippen LogP contribution in [0.15, 0.2) is 48.8 Å². The van der Waals surface area contributed by atoms with Crippen LogP contribution in [0.25, 0.3) is 0 Å². The molecule has 3 atom stereocenters. The number of urea groups is 1. The fourth-order valence-electron chi connectivity index (χ4n) is 3.23. The van der Waals surface area contributed by atoms with E-state index in [0.717, 1.165) is 18.3 Å². The summed E-state index contributed by atoms with van der Waals surface area (Å²) in [6, 6.07) is 3.86. The van der Waals surface area contributed by atoms with Crippen LogP contribution in [0.3, 0.4) is 0 Å². The molecule has 1 saturated heterocycles. The summed E-state index contributed by atoms with van der Waals surface area (Å²) in [7, 11) is 0. The van der Waals surface area contributed by atoms with Crippen LogP contribution < -0.4 is 15.4 Å². The van der Waals surface area contributed by atoms with E-state index in [-0.39, 0.29) is 11.1 Å². The van der Waals surface area contributed by atoms with Crippen molar-refractivity contribution in [2.45, 2.75) is 24.6 Å². The Bertz CT molecular complexity index is 941. The van der Waals surface area contributed by atoms with Gasteiger partial charge < -0.3 is 20.5 Å². The Kier molecular flexibility index (Phi) is 5.61. The van der Waals surface area contributed by atoms with Crippen LogP contribution in [-0.2, 0) is 0 Å². The Morgan fingerprint density at radius 2 is 1.90 bits per heavy atom. The number of halogens is 5. The Morgan fingerprint density at radius 1 is 1.20 bits per heavy atom. The second-order valence-electron chi connectivity index (χ2n) is 6.34. The highest BCUT2D eigenvalue weighted by atomic mass is 19.4. The minimum Gasteiger partial charge on any atom is -0.434 e. The first-order valence-electron chi connectivity index (χ1n) is 8.40. The van der Waals surface area contributed by atoms with E-state index >= 15 is 0 Å². The monoisotopic (exact) mass is 431 g/mol. The van der Waals surface area contributed by atoms with E-state index in [1.165, 1.54) is 35.8 Å². The number of ketones is 1. The van der Waals surface area contributed by atoms with Crippen molar-refractivity contribution in [3.05, 3.63) is 59.9 Å². The maximum absolute atomic E-state index is 13.8. The molecule has 30 heavy (non-hydrogen) atoms. The number of pyridine rings is 1. The number of alkyl halides is 5. The first-order valence-corrected chi connectivity index (χ1v) is 8.40. The first-order chi connectivity index (χ1) is 14.0. The van der Waals surface area contributed by atoms with Gasteiger partial charge in [0.15, 0.2) is 5.78 Å². The molecule has 0 bridgehead atoms. The average molecular weight is 431 g/mol. The highest BCUT2D eigenvalue weighted by molar-refractivity contribution is 6.00. The topological polar surface area (TPSA) is 101 Å². The number of Topliss-reactive ketones (excluding diaryl/α,β-unsaturated/α-hetero) is 1. The van der Waals surface area contributed by atoms with Crippen molar-refractivity contribution in [2.75, 3.05) is 0 Å². The Labute approximate surface area is 165 Å². The second kappa shape index (κ2) is 7.86. The number of hydrogen-bond acceptors (Lipinski definition) is 5. The number of rotatable bonds is 5. The molecular weight excluding hydrogens is 417 g/mol. The molecule has 2 amide bonds. The molecule has 0 aliphatic carbocycles. The fourth-order valence-corrected chi connectivity index (χ4v) is 3.23. The Hall–Kier alpha value is -3.28. The van der Waals surface area contributed by atoms with Gasteiger partial charge >= 0.3 is 18.8 Å². The van der Waals surface area contributed by atoms with E-state index in [0.29, 0.717) is 0 Å². The summed E-state index contributed by atoms with van der Waals surface area (Å²) in [5.74, 6) is -4.18. The van der Waals surface area contributed by atoms with Gasteiger partial charge in [0.05, 0.1) is 6.04 Å². The molecule has 1 aliphatic rings. The van der Waals surface area contributed by atoms with Gasteiger partial charge in [0, 0.05) is 23.5 Å². The molecule has 1 fully saturated rings. The van der Waals surface area contributed by atoms with E-state index < -0.39 is 48.0 Å². The van der Waals surface area contributed by atoms with Gasteiger partial charge in [-0.1, -0.05) is 18.2 Å². The summed E-state index contributed by atoms with van der Waals surface area (Å²) in [6.45, 7) is -3.32. The van der Waals surface area contributed by atoms with Crippen molar-refractivity contribution in [2.24, 2.45) is 5.92 Å². The molecule has 12 heteroatoms. The summed E-state index contributed by atoms with van der Waals surface area (Å²) in [5.41, 5.74) is -4.64. The van der Waals surface area contributed by atoms with Crippen LogP contribution in [0.5, 0.6) is 5.75 Å². The maximum atomic E-state index is 13.8. The molecule has 3 rings (SSSR count). The third kappa shape index (κ3) is 3.90. The lowest BCUT2D eigenvalue weighted by Crippen LogP contribution is -2.72. The molecule has 0 unspecified atom stereocenters. The minimum atomic E-state index is -5.48. The number of carbonyl (C=O) groups excluding carboxylic acids is 2. The molecule has 160 valence electrons. The van der Waals surface area contributed by atoms with Gasteiger partial charge in [-0.3, -0.25) is 9.78 Å². The van der Waals surface area contributed by atoms with Crippen LogP contribution in [-0.4, -0.2) is 40.4 Å². The summed E-state index contributed by atoms with van der Waals surface area (Å²) in [4.78, 5) is 28.6. The van der Waals surface area contributed by atoms with E-state index in [9.17, 15) is 36.6 Å². The van der Waals surface area contributed by atoms with E-state index in [1.54, 1.807) is 0 Å². The normalized spacial score (nSPS) is 24.2. The van der Waals surface area contributed by atoms with Crippen molar-refractivity contribution in [1.29, 1.82) is 0 Å². The molecule has 2 heterocycles. The van der Waals surface area contributed by atoms with Crippen molar-refractivity contribution >= 4 is 11.8 Å². The molecule has 1 aromatic heterocycles. The molecule has 0 spiro atoms. The standard InChI is InChI=1S/C18H14F5N3O4/c19-15(20)30-11-6-2-1-5-10(11)13-12(14(27)9-4-3-7-24-8-9)17(29,18(21,22)23)26-16(28)25-13/h1-8,12-13,15,29H,(H2,25,26,28)/t12-,13-,17-/m1/s1. The average Bonchev–Trinajstić information content (AvgIpc) is 2.67. The van der Waals surface area contributed by atoms with Gasteiger partial charge in [0.25, 0.3) is 0 Å². The summed E-state index contributed by atoms with van der Waals surface area (Å²) < 4.78 is 71.3. The number of nitrogens with one attached hydrogen (secondary N) is 2. The maximum Gasteiger partial charge on any atom is 0.437 e. The lowest BCUT2D eigenvalue weighted by atomic mass is 9.77. The molecule has 2 aromatic rings. The summed E-state index contributed by atoms with van der Waals surface area (Å²) >= 11 is 0. The van der Waals surface area contributed by atoms with Crippen molar-refractivity contribution < 1.29 is 41.4 Å². The van der Waals surface area contributed by atoms with Crippen LogP contribution in [0.2, 0.25) is 0 Å². The number of aliphatic hydroxyl groups is 1. The number of aromatic nitrogens is 1. The van der Waals surface area contributed by atoms with E-state index in [2.05, 4.69) is 15.0 Å². The molecule has 0 saturated carbocycles. The van der Waals surface area contributed by atoms with Crippen molar-refractivity contribution in [1.82, 2.24) is 15.6 Å². The van der Waals surface area contributed by atoms with Gasteiger partial charge in [0.1, 0.15) is 11.7 Å². The number of benzene rings is 1. The van der Waals surface area contributed by atoms with Gasteiger partial charge in [-0.25, -0.2) is 4.79 Å². The zero-order chi connectivity index (χ0) is 22.1. The second-order valence-corrected chi connectivity index (χ2v) is 6.34. The third-order valence-corrected chi connectivity index (χ3v) is 4.50. The SMILES string of the molecule is O=C1N[C@H](c2ccccc2OC(F)F)[C@H](C(=O)c2cccnc2)[C@@](O)(C(F)(F)F)N1. The molecule has 3 N–H and O–H groups in total. The summed E-state index contributed by atoms with van der Waals surface area (Å²) in [6.07, 6.45) is -3.23. The van der Waals surface area contributed by atoms with Crippen LogP contribution in [0.4, 0.5) is 26.7 Å². The van der Waals surface area contributed by atoms with Crippen molar-refractivity contribution in [3.63, 3.8) is 0 Å². The van der Waals surface area contributed by atoms with Crippen LogP contribution >= 0.6 is 0 Å². The summed E-state index contributed by atoms with van der Waals surface area (Å²) in [5, 5.41) is 13.9. The molecular formula is C18H14F5N3O4. The minimum absolute atomic E-state index is 0.291. The fraction of sp³-hybridized carbons (Fsp3) is 0.278. The first kappa shape index (κ1) is 21.4. The number of nitrogens with zero attached hydrogens (tertiary/aromatic N) is 1. The van der Waals surface area contributed by atoms with Crippen LogP contribution in [0, 0.1) is 5.92 Å². The number of carbonyl (C=O) groups is 2. The molecule has 0 radical (unpaired) electrons. The predicted molar refractivity (Wildman–Crippen MR) is 90.5 cm³/mol. The largest absolute Gasteiger partial charge is 0.437 e. The van der Waals surface area contributed by atoms with Gasteiger partial charge in [-0.05, 0) is 18.2 Å². The van der Waals surface area contributed by atoms with Gasteiger partial charge in [-0.15, -0.1) is 0 Å². The molecule has 7 nitrogen and oxygen atoms in total. The highest BCUT2D eigenvalue weighted by Crippen LogP contribution is 2.45. The molecule has 1 aliphatic heterocycles. The Morgan fingerprint density at radius 3 is 2.50 bits per heavy atom. The van der Waals surface area contributed by atoms with Crippen LogP contribution in [0.1, 0.15) is 22.0 Å². The molecule has 1 aromatic carbocycles. The zero-order valence-corrected chi connectivity index (χ0v) is 14.9. The predicted octanol–water partition coefficient (Wildman–Crippen LogP) is 2.79. The van der Waals surface area contributed by atoms with Crippen molar-refractivity contribution in [3.8, 4) is 5.75 Å². The number of hydrogen-bond donors (Lipinski definition) is 3. The Balaban J connectivity index is 2.19. The van der Waals surface area contributed by atoms with E-state index in [1.807, 2.05) is 0 Å². The number of amides is 2. The van der Waals surface area contributed by atoms with Gasteiger partial charge in [-0.2, -0.15) is 22.0 Å². The third-order valence-electron chi connectivity index (χ3n) is 4.50. The zero-order valence-electron chi connectivity index (χ0n) is 14.9. The lowest BCUT2D eigenvalue weighted by molar-refractivity contribution is -0.287. The van der Waals surface area contributed by atoms with E-state index in [4.69, 9.17) is 0 Å². The van der Waals surface area contributed by atoms with Gasteiger partial charge in [0.2, 0.25) is 5.72 Å². The highest BCUT2D eigenvalue weighted by Gasteiger charge is 2.66.